The van der Waals surface area contributed by atoms with Gasteiger partial charge in [-0.25, -0.2) is 4.58 Å². The van der Waals surface area contributed by atoms with Crippen LogP contribution in [-0.2, 0) is 10.2 Å². The summed E-state index contributed by atoms with van der Waals surface area (Å²) in [5.41, 5.74) is 1.65. The molecule has 2 aliphatic rings. The van der Waals surface area contributed by atoms with Gasteiger partial charge in [0.05, 0.1) is 6.61 Å². The largest absolute Gasteiger partial charge is 0.447 e. The average Bonchev–Trinajstić information content (AvgIpc) is 3.02. The highest BCUT2D eigenvalue weighted by Gasteiger charge is 2.69. The molecule has 1 aliphatic carbocycles. The minimum absolute atomic E-state index is 0.216. The van der Waals surface area contributed by atoms with E-state index in [4.69, 9.17) is 4.74 Å². The number of hydrogen-bond donors (Lipinski definition) is 0. The summed E-state index contributed by atoms with van der Waals surface area (Å²) in [5.74, 6) is 1.93. The zero-order valence-corrected chi connectivity index (χ0v) is 10.6. The highest BCUT2D eigenvalue weighted by atomic mass is 16.5. The monoisotopic (exact) mass is 230 g/mol. The summed E-state index contributed by atoms with van der Waals surface area (Å²) in [6, 6.07) is 10.9. The number of rotatable bonds is 3. The van der Waals surface area contributed by atoms with Crippen LogP contribution >= 0.6 is 0 Å². The molecule has 0 N–H and O–H groups in total. The van der Waals surface area contributed by atoms with Gasteiger partial charge in [-0.3, -0.25) is 0 Å². The molecule has 0 bridgehead atoms. The van der Waals surface area contributed by atoms with Gasteiger partial charge in [0, 0.05) is 5.92 Å². The molecule has 0 spiro atoms. The Labute approximate surface area is 103 Å². The van der Waals surface area contributed by atoms with E-state index in [0.717, 1.165) is 19.7 Å². The minimum Gasteiger partial charge on any atom is -0.447 e. The first-order valence-corrected chi connectivity index (χ1v) is 6.63. The van der Waals surface area contributed by atoms with Gasteiger partial charge >= 0.3 is 5.90 Å². The quantitative estimate of drug-likeness (QED) is 0.726. The Kier molecular flexibility index (Phi) is 2.46. The van der Waals surface area contributed by atoms with Crippen molar-refractivity contribution in [1.29, 1.82) is 0 Å². The Morgan fingerprint density at radius 3 is 2.53 bits per heavy atom. The lowest BCUT2D eigenvalue weighted by atomic mass is 9.94. The molecule has 1 aliphatic heterocycles. The van der Waals surface area contributed by atoms with E-state index < -0.39 is 0 Å². The van der Waals surface area contributed by atoms with Gasteiger partial charge in [0.2, 0.25) is 0 Å². The first-order valence-electron chi connectivity index (χ1n) is 6.63. The van der Waals surface area contributed by atoms with Gasteiger partial charge in [-0.1, -0.05) is 30.3 Å². The van der Waals surface area contributed by atoms with Crippen LogP contribution in [0.1, 0.15) is 25.8 Å². The van der Waals surface area contributed by atoms with Crippen LogP contribution in [0.25, 0.3) is 0 Å². The predicted octanol–water partition coefficient (Wildman–Crippen LogP) is 2.43. The lowest BCUT2D eigenvalue weighted by molar-refractivity contribution is -0.530. The van der Waals surface area contributed by atoms with Gasteiger partial charge in [0.15, 0.2) is 0 Å². The molecule has 2 heteroatoms. The molecule has 2 nitrogen and oxygen atoms in total. The van der Waals surface area contributed by atoms with Crippen LogP contribution in [0.15, 0.2) is 30.3 Å². The van der Waals surface area contributed by atoms with Crippen molar-refractivity contribution in [1.82, 2.24) is 0 Å². The summed E-state index contributed by atoms with van der Waals surface area (Å²) in [6.07, 6.45) is 1.27. The molecule has 0 aromatic heterocycles. The van der Waals surface area contributed by atoms with E-state index in [1.807, 2.05) is 0 Å². The molecule has 90 valence electrons. The molecule has 1 heterocycles. The first kappa shape index (κ1) is 10.8. The van der Waals surface area contributed by atoms with Crippen molar-refractivity contribution in [3.8, 4) is 0 Å². The van der Waals surface area contributed by atoms with E-state index >= 15 is 0 Å². The van der Waals surface area contributed by atoms with Gasteiger partial charge in [0.25, 0.3) is 0 Å². The van der Waals surface area contributed by atoms with Crippen molar-refractivity contribution in [2.24, 2.45) is 5.92 Å². The van der Waals surface area contributed by atoms with Crippen LogP contribution in [0.3, 0.4) is 0 Å². The summed E-state index contributed by atoms with van der Waals surface area (Å²) in [5, 5.41) is 0. The number of ether oxygens (including phenoxy) is 1. The fourth-order valence-corrected chi connectivity index (χ4v) is 3.20. The topological polar surface area (TPSA) is 12.2 Å². The SMILES string of the molecule is CC[N+](CC)=C1OC[C@@H]2C[C@]12c1ccccc1. The molecule has 1 aromatic rings. The molecule has 0 radical (unpaired) electrons. The molecule has 2 atom stereocenters. The average molecular weight is 230 g/mol. The second kappa shape index (κ2) is 3.86. The Hall–Kier alpha value is -1.31. The van der Waals surface area contributed by atoms with Crippen LogP contribution < -0.4 is 0 Å². The number of nitrogens with zero attached hydrogens (tertiary/aromatic N) is 1. The van der Waals surface area contributed by atoms with Gasteiger partial charge in [-0.05, 0) is 25.8 Å². The number of fused-ring (bicyclic) bond motifs is 1. The normalized spacial score (nSPS) is 29.8. The van der Waals surface area contributed by atoms with Crippen LogP contribution in [0.2, 0.25) is 0 Å². The first-order chi connectivity index (χ1) is 8.32. The van der Waals surface area contributed by atoms with E-state index in [1.165, 1.54) is 17.9 Å². The standard InChI is InChI=1S/C15H20NO/c1-3-16(4-2)14-15(10-13(15)11-17-14)12-8-6-5-7-9-12/h5-9,13H,3-4,10-11H2,1-2H3/q+1/t13-,15+/m0/s1. The van der Waals surface area contributed by atoms with E-state index in [9.17, 15) is 0 Å². The van der Waals surface area contributed by atoms with Crippen molar-refractivity contribution < 1.29 is 9.31 Å². The van der Waals surface area contributed by atoms with Gasteiger partial charge in [-0.2, -0.15) is 0 Å². The Morgan fingerprint density at radius 2 is 1.94 bits per heavy atom. The summed E-state index contributed by atoms with van der Waals surface area (Å²) in [7, 11) is 0. The van der Waals surface area contributed by atoms with Gasteiger partial charge < -0.3 is 4.74 Å². The fraction of sp³-hybridized carbons (Fsp3) is 0.533. The van der Waals surface area contributed by atoms with Crippen LogP contribution in [-0.4, -0.2) is 30.2 Å². The highest BCUT2D eigenvalue weighted by molar-refractivity contribution is 5.90. The van der Waals surface area contributed by atoms with Crippen molar-refractivity contribution in [3.05, 3.63) is 35.9 Å². The van der Waals surface area contributed by atoms with Crippen LogP contribution in [0, 0.1) is 5.92 Å². The van der Waals surface area contributed by atoms with Crippen molar-refractivity contribution in [3.63, 3.8) is 0 Å². The van der Waals surface area contributed by atoms with Crippen molar-refractivity contribution >= 4 is 5.90 Å². The number of hydrogen-bond acceptors (Lipinski definition) is 1. The van der Waals surface area contributed by atoms with Crippen molar-refractivity contribution in [2.75, 3.05) is 19.7 Å². The second-order valence-electron chi connectivity index (χ2n) is 5.03. The summed E-state index contributed by atoms with van der Waals surface area (Å²) in [4.78, 5) is 0. The molecular weight excluding hydrogens is 210 g/mol. The lowest BCUT2D eigenvalue weighted by Gasteiger charge is -2.13. The highest BCUT2D eigenvalue weighted by Crippen LogP contribution is 2.59. The van der Waals surface area contributed by atoms with E-state index in [-0.39, 0.29) is 5.41 Å². The smallest absolute Gasteiger partial charge is 0.347 e. The third kappa shape index (κ3) is 1.43. The molecule has 0 amide bonds. The van der Waals surface area contributed by atoms with Crippen molar-refractivity contribution in [2.45, 2.75) is 25.7 Å². The maximum atomic E-state index is 5.96. The maximum absolute atomic E-state index is 5.96. The molecule has 0 unspecified atom stereocenters. The molecule has 17 heavy (non-hydrogen) atoms. The minimum atomic E-state index is 0.216. The summed E-state index contributed by atoms with van der Waals surface area (Å²) in [6.45, 7) is 7.38. The summed E-state index contributed by atoms with van der Waals surface area (Å²) >= 11 is 0. The van der Waals surface area contributed by atoms with Gasteiger partial charge in [0.1, 0.15) is 18.5 Å². The predicted molar refractivity (Wildman–Crippen MR) is 68.5 cm³/mol. The fourth-order valence-electron chi connectivity index (χ4n) is 3.20. The van der Waals surface area contributed by atoms with E-state index in [2.05, 4.69) is 48.8 Å². The molecule has 1 saturated heterocycles. The van der Waals surface area contributed by atoms with E-state index in [1.54, 1.807) is 0 Å². The molecule has 3 rings (SSSR count). The maximum Gasteiger partial charge on any atom is 0.347 e. The Bertz CT molecular complexity index is 445. The van der Waals surface area contributed by atoms with Crippen LogP contribution in [0.5, 0.6) is 0 Å². The Balaban J connectivity index is 2.06. The lowest BCUT2D eigenvalue weighted by Crippen LogP contribution is -2.31. The molecule has 1 aromatic carbocycles. The number of benzene rings is 1. The molecule has 2 fully saturated rings. The molecular formula is C15H20NO+. The second-order valence-corrected chi connectivity index (χ2v) is 5.03. The summed E-state index contributed by atoms with van der Waals surface area (Å²) < 4.78 is 8.33. The zero-order chi connectivity index (χ0) is 11.9. The third-order valence-electron chi connectivity index (χ3n) is 4.25. The zero-order valence-electron chi connectivity index (χ0n) is 10.6. The Morgan fingerprint density at radius 1 is 1.24 bits per heavy atom. The van der Waals surface area contributed by atoms with Crippen LogP contribution in [0.4, 0.5) is 0 Å². The third-order valence-corrected chi connectivity index (χ3v) is 4.25. The molecule has 1 saturated carbocycles. The van der Waals surface area contributed by atoms with Gasteiger partial charge in [-0.15, -0.1) is 0 Å². The van der Waals surface area contributed by atoms with E-state index in [0.29, 0.717) is 5.92 Å².